The van der Waals surface area contributed by atoms with Gasteiger partial charge in [-0.05, 0) is 11.9 Å². The Balaban J connectivity index is 2.06. The highest BCUT2D eigenvalue weighted by Gasteiger charge is 2.45. The molecule has 25 heavy (non-hydrogen) atoms. The molecule has 0 amide bonds. The van der Waals surface area contributed by atoms with E-state index in [0.717, 1.165) is 16.8 Å². The van der Waals surface area contributed by atoms with Gasteiger partial charge in [-0.15, -0.1) is 0 Å². The molecule has 2 heterocycles. The summed E-state index contributed by atoms with van der Waals surface area (Å²) in [5.41, 5.74) is -0.928. The van der Waals surface area contributed by atoms with Crippen LogP contribution in [0, 0.1) is 0 Å². The van der Waals surface area contributed by atoms with Crippen LogP contribution in [0.5, 0.6) is 5.88 Å². The summed E-state index contributed by atoms with van der Waals surface area (Å²) in [7, 11) is 0. The first kappa shape index (κ1) is 22.0. The van der Waals surface area contributed by atoms with Crippen LogP contribution in [0.2, 0.25) is 0 Å². The van der Waals surface area contributed by atoms with Crippen LogP contribution < -0.4 is 15.7 Å². The van der Waals surface area contributed by atoms with Gasteiger partial charge in [-0.3, -0.25) is 10.5 Å². The molecule has 5 atom stereocenters. The summed E-state index contributed by atoms with van der Waals surface area (Å²) in [5.74, 6) is -7.10. The lowest BCUT2D eigenvalue weighted by Crippen LogP contribution is -2.36. The minimum absolute atomic E-state index is 0.230. The van der Waals surface area contributed by atoms with Crippen molar-refractivity contribution in [1.29, 1.82) is 0 Å². The number of hydrogen-bond donors (Lipinski definition) is 3. The summed E-state index contributed by atoms with van der Waals surface area (Å²) in [4.78, 5) is 26.4. The lowest BCUT2D eigenvalue weighted by molar-refractivity contribution is -0.275. The van der Waals surface area contributed by atoms with Crippen LogP contribution in [0.25, 0.3) is 0 Å². The van der Waals surface area contributed by atoms with E-state index in [2.05, 4.69) is 41.7 Å². The Labute approximate surface area is 165 Å². The van der Waals surface area contributed by atoms with E-state index in [1.165, 1.54) is 0 Å². The van der Waals surface area contributed by atoms with Gasteiger partial charge in [0.05, 0.1) is 0 Å². The highest BCUT2D eigenvalue weighted by Crippen LogP contribution is 2.72. The molecule has 1 aliphatic heterocycles. The molecule has 2 N–H and O–H groups in total. The molecule has 0 aromatic carbocycles. The molecule has 0 spiro atoms. The predicted octanol–water partition coefficient (Wildman–Crippen LogP) is -1.63. The Morgan fingerprint density at radius 3 is 2.60 bits per heavy atom. The topological polar surface area (TPSA) is 140 Å². The fourth-order valence-corrected chi connectivity index (χ4v) is 13.8. The fourth-order valence-electron chi connectivity index (χ4n) is 2.14. The number of nitrogens with zero attached hydrogens (tertiary/aromatic N) is 2. The molecule has 2 rings (SSSR count). The summed E-state index contributed by atoms with van der Waals surface area (Å²) in [5, 5.41) is 31.2. The zero-order valence-corrected chi connectivity index (χ0v) is 17.4. The third-order valence-corrected chi connectivity index (χ3v) is 11.5. The summed E-state index contributed by atoms with van der Waals surface area (Å²) < 4.78 is 11.7. The molecule has 1 unspecified atom stereocenters. The molecule has 0 aliphatic carbocycles. The van der Waals surface area contributed by atoms with Crippen LogP contribution >= 0.6 is 24.0 Å². The second-order valence-corrected chi connectivity index (χ2v) is 17.8. The van der Waals surface area contributed by atoms with Crippen LogP contribution in [0.4, 0.5) is 0 Å². The van der Waals surface area contributed by atoms with Crippen LogP contribution in [-0.2, 0) is 46.0 Å². The number of thiol groups is 1. The molecule has 0 bridgehead atoms. The summed E-state index contributed by atoms with van der Waals surface area (Å²) >= 11 is 18.5. The lowest BCUT2D eigenvalue weighted by Gasteiger charge is -2.47. The van der Waals surface area contributed by atoms with Crippen molar-refractivity contribution in [2.75, 3.05) is 12.5 Å². The normalized spacial score (nSPS) is 29.6. The smallest absolute Gasteiger partial charge is 0.349 e. The number of aliphatic hydroxyl groups excluding tert-OH is 2. The third kappa shape index (κ3) is 6.11. The molecule has 1 fully saturated rings. The van der Waals surface area contributed by atoms with Crippen molar-refractivity contribution in [2.45, 2.75) is 24.5 Å². The van der Waals surface area contributed by atoms with Crippen molar-refractivity contribution in [1.82, 2.24) is 9.55 Å². The summed E-state index contributed by atoms with van der Waals surface area (Å²) in [6.07, 6.45) is -4.05. The van der Waals surface area contributed by atoms with E-state index in [1.807, 2.05) is 0 Å². The van der Waals surface area contributed by atoms with E-state index in [9.17, 15) is 25.0 Å². The molecular weight excluding hydrogens is 450 g/mol. The highest BCUT2D eigenvalue weighted by atomic mass is 33.1. The second-order valence-electron chi connectivity index (χ2n) is 5.19. The quantitative estimate of drug-likeness (QED) is 0.254. The highest BCUT2D eigenvalue weighted by molar-refractivity contribution is 8.83. The van der Waals surface area contributed by atoms with Gasteiger partial charge in [0.1, 0.15) is 36.7 Å². The Morgan fingerprint density at radius 1 is 1.40 bits per heavy atom. The number of aliphatic hydroxyl groups is 2. The molecule has 0 saturated carbocycles. The monoisotopic (exact) mass is 463 g/mol. The van der Waals surface area contributed by atoms with E-state index in [0.29, 0.717) is 0 Å². The van der Waals surface area contributed by atoms with Gasteiger partial charge in [-0.2, -0.15) is 0 Å². The van der Waals surface area contributed by atoms with Crippen LogP contribution in [0.1, 0.15) is 6.23 Å². The van der Waals surface area contributed by atoms with E-state index in [1.54, 1.807) is 0 Å². The van der Waals surface area contributed by atoms with E-state index >= 15 is 0 Å². The molecule has 1 aliphatic rings. The van der Waals surface area contributed by atoms with Gasteiger partial charge >= 0.3 is 5.69 Å². The first-order chi connectivity index (χ1) is 11.4. The molecule has 0 radical (unpaired) electrons. The Morgan fingerprint density at radius 2 is 2.04 bits per heavy atom. The van der Waals surface area contributed by atoms with Crippen LogP contribution in [-0.4, -0.2) is 50.6 Å². The van der Waals surface area contributed by atoms with Gasteiger partial charge in [0, 0.05) is 18.4 Å². The maximum absolute atomic E-state index is 11.7. The molecule has 142 valence electrons. The standard InChI is InChI=1S/C10H16N2O7P2S4/c13-6-1-2-12(10(16)11-6)9-8(15)7(14)5(19-9)3-18-21(24,25)4-20(17,22)23/h1-2,5,7-9,14-15H,3-4H2,(H,24,25)(H,11,13,16)(H2,17,22,23)/p-3/t5-,7-,8-,9-/m1/s1. The van der Waals surface area contributed by atoms with E-state index < -0.39 is 47.9 Å². The minimum atomic E-state index is -3.27. The third-order valence-electron chi connectivity index (χ3n) is 3.21. The Bertz CT molecular complexity index is 673. The lowest BCUT2D eigenvalue weighted by atomic mass is 10.1. The number of rotatable bonds is 6. The molecule has 9 nitrogen and oxygen atoms in total. The first-order valence-corrected chi connectivity index (χ1v) is 14.6. The summed E-state index contributed by atoms with van der Waals surface area (Å²) in [6.45, 7) is -0.276. The van der Waals surface area contributed by atoms with Crippen molar-refractivity contribution in [3.63, 3.8) is 0 Å². The predicted molar refractivity (Wildman–Crippen MR) is 99.6 cm³/mol. The second kappa shape index (κ2) is 8.40. The van der Waals surface area contributed by atoms with Crippen molar-refractivity contribution in [3.05, 3.63) is 22.7 Å². The van der Waals surface area contributed by atoms with Crippen molar-refractivity contribution in [3.8, 4) is 5.88 Å². The molecule has 1 aromatic rings. The number of ether oxygens (including phenoxy) is 1. The minimum Gasteiger partial charge on any atom is -0.858 e. The van der Waals surface area contributed by atoms with Crippen molar-refractivity contribution in [2.24, 2.45) is 0 Å². The van der Waals surface area contributed by atoms with Gasteiger partial charge in [0.2, 0.25) is 0 Å². The van der Waals surface area contributed by atoms with Gasteiger partial charge in [-0.1, -0.05) is 0 Å². The maximum atomic E-state index is 11.7. The van der Waals surface area contributed by atoms with E-state index in [-0.39, 0.29) is 12.5 Å². The number of hydrogen-bond acceptors (Lipinski definition) is 12. The average Bonchev–Trinajstić information content (AvgIpc) is 2.71. The first-order valence-electron chi connectivity index (χ1n) is 6.65. The van der Waals surface area contributed by atoms with Gasteiger partial charge in [0.25, 0.3) is 0 Å². The molecular formula is C10H13N2O7P2S4-3. The van der Waals surface area contributed by atoms with Gasteiger partial charge in [0.15, 0.2) is 6.23 Å². The average molecular weight is 463 g/mol. The van der Waals surface area contributed by atoms with Crippen LogP contribution in [0.3, 0.4) is 0 Å². The van der Waals surface area contributed by atoms with Crippen LogP contribution in [0.15, 0.2) is 17.1 Å². The van der Waals surface area contributed by atoms with E-state index in [4.69, 9.17) is 21.5 Å². The SMILES string of the molecule is O=c1nc([O-])ccn1[C@@H]1O[C@H](CO[P+]([S-])(S)C[P+]([O-])([S-])[S-])[C@@H](O)[C@H]1O. The summed E-state index contributed by atoms with van der Waals surface area (Å²) in [6, 6.07) is 1.02. The van der Waals surface area contributed by atoms with Crippen molar-refractivity contribution < 1.29 is 29.5 Å². The Kier molecular flexibility index (Phi) is 7.40. The maximum Gasteiger partial charge on any atom is 0.349 e. The molecule has 1 saturated heterocycles. The van der Waals surface area contributed by atoms with Crippen molar-refractivity contribution >= 4 is 60.8 Å². The van der Waals surface area contributed by atoms with Gasteiger partial charge in [-0.25, -0.2) is 14.3 Å². The molecule has 1 aromatic heterocycles. The number of aromatic nitrogens is 2. The van der Waals surface area contributed by atoms with Gasteiger partial charge < -0.3 is 61.7 Å². The zero-order valence-electron chi connectivity index (χ0n) is 12.3. The zero-order chi connectivity index (χ0) is 19.0. The fraction of sp³-hybridized carbons (Fsp3) is 0.600. The largest absolute Gasteiger partial charge is 0.858 e. The molecule has 15 heteroatoms. The Hall–Kier alpha value is 0.740.